The number of rotatable bonds is 7. The van der Waals surface area contributed by atoms with Gasteiger partial charge in [0.25, 0.3) is 11.1 Å². The van der Waals surface area contributed by atoms with Crippen LogP contribution in [0, 0.1) is 10.1 Å². The minimum absolute atomic E-state index is 0.00318. The first kappa shape index (κ1) is 27.7. The lowest BCUT2D eigenvalue weighted by Gasteiger charge is -2.14. The molecule has 2 amide bonds. The van der Waals surface area contributed by atoms with Crippen molar-refractivity contribution in [1.29, 1.82) is 0 Å². The Bertz CT molecular complexity index is 1730. The highest BCUT2D eigenvalue weighted by atomic mass is 32.2. The third-order valence-electron chi connectivity index (χ3n) is 6.27. The zero-order chi connectivity index (χ0) is 29.3. The van der Waals surface area contributed by atoms with Crippen LogP contribution >= 0.6 is 11.8 Å². The topological polar surface area (TPSA) is 99.0 Å². The van der Waals surface area contributed by atoms with E-state index in [1.54, 1.807) is 0 Å². The van der Waals surface area contributed by atoms with E-state index in [1.165, 1.54) is 31.4 Å². The molecule has 1 aliphatic rings. The van der Waals surface area contributed by atoms with Crippen molar-refractivity contribution in [2.24, 2.45) is 0 Å². The molecule has 0 unspecified atom stereocenters. The summed E-state index contributed by atoms with van der Waals surface area (Å²) in [6.07, 6.45) is -3.27. The smallest absolute Gasteiger partial charge is 0.416 e. The Balaban J connectivity index is 1.39. The van der Waals surface area contributed by atoms with E-state index in [1.807, 2.05) is 42.5 Å². The number of nitro groups is 1. The summed E-state index contributed by atoms with van der Waals surface area (Å²) >= 11 is 0.790. The summed E-state index contributed by atoms with van der Waals surface area (Å²) in [4.78, 5) is 37.7. The second-order valence-corrected chi connectivity index (χ2v) is 9.85. The van der Waals surface area contributed by atoms with Crippen LogP contribution in [-0.2, 0) is 17.5 Å². The number of halogens is 3. The molecule has 0 N–H and O–H groups in total. The number of methoxy groups -OCH3 is 1. The van der Waals surface area contributed by atoms with Crippen LogP contribution in [0.2, 0.25) is 0 Å². The lowest BCUT2D eigenvalue weighted by atomic mass is 10.0. The highest BCUT2D eigenvalue weighted by molar-refractivity contribution is 8.18. The summed E-state index contributed by atoms with van der Waals surface area (Å²) < 4.78 is 50.0. The first-order valence-electron chi connectivity index (χ1n) is 12.0. The predicted octanol–water partition coefficient (Wildman–Crippen LogP) is 7.80. The summed E-state index contributed by atoms with van der Waals surface area (Å²) in [5.74, 6) is -0.782. The number of fused-ring (bicyclic) bond motifs is 1. The molecule has 208 valence electrons. The molecule has 41 heavy (non-hydrogen) atoms. The van der Waals surface area contributed by atoms with Crippen LogP contribution in [0.25, 0.3) is 16.8 Å². The molecule has 0 spiro atoms. The summed E-state index contributed by atoms with van der Waals surface area (Å²) in [7, 11) is 1.31. The van der Waals surface area contributed by atoms with Gasteiger partial charge in [0, 0.05) is 6.07 Å². The maximum atomic E-state index is 13.1. The molecular weight excluding hydrogens is 561 g/mol. The molecule has 8 nitrogen and oxygen atoms in total. The number of nitrogens with zero attached hydrogens (tertiary/aromatic N) is 2. The number of alkyl halides is 3. The van der Waals surface area contributed by atoms with Crippen LogP contribution in [0.1, 0.15) is 16.7 Å². The van der Waals surface area contributed by atoms with Gasteiger partial charge in [-0.15, -0.1) is 0 Å². The van der Waals surface area contributed by atoms with Crippen LogP contribution < -0.4 is 9.47 Å². The Labute approximate surface area is 235 Å². The molecule has 4 aromatic rings. The van der Waals surface area contributed by atoms with Crippen molar-refractivity contribution in [3.8, 4) is 17.2 Å². The number of thioether (sulfide) groups is 1. The van der Waals surface area contributed by atoms with Crippen molar-refractivity contribution in [2.75, 3.05) is 7.11 Å². The van der Waals surface area contributed by atoms with Gasteiger partial charge in [-0.1, -0.05) is 48.5 Å². The standard InChI is InChI=1S/C29H19F3N2O6S/c1-39-25-13-17(9-11-24(25)40-23-12-10-20(29(30,31)32)15-22(23)34(37)38)14-26-27(35)33(28(36)41-26)16-19-7-4-6-18-5-2-3-8-21(18)19/h2-15H,16H2,1H3/b26-14-. The molecule has 0 atom stereocenters. The van der Waals surface area contributed by atoms with Gasteiger partial charge in [0.2, 0.25) is 5.75 Å². The van der Waals surface area contributed by atoms with E-state index in [-0.39, 0.29) is 22.9 Å². The van der Waals surface area contributed by atoms with E-state index in [2.05, 4.69) is 0 Å². The number of carbonyl (C=O) groups is 2. The van der Waals surface area contributed by atoms with Gasteiger partial charge in [-0.05, 0) is 64.0 Å². The van der Waals surface area contributed by atoms with Gasteiger partial charge >= 0.3 is 11.9 Å². The molecule has 0 aromatic heterocycles. The number of amides is 2. The summed E-state index contributed by atoms with van der Waals surface area (Å²) in [6.45, 7) is 0.103. The van der Waals surface area contributed by atoms with Crippen LogP contribution in [0.15, 0.2) is 83.8 Å². The average molecular weight is 581 g/mol. The molecule has 4 aromatic carbocycles. The lowest BCUT2D eigenvalue weighted by molar-refractivity contribution is -0.385. The normalized spacial score (nSPS) is 14.6. The molecule has 0 saturated carbocycles. The summed E-state index contributed by atoms with van der Waals surface area (Å²) in [5, 5.41) is 12.9. The Morgan fingerprint density at radius 2 is 1.68 bits per heavy atom. The van der Waals surface area contributed by atoms with Gasteiger partial charge in [0.1, 0.15) is 0 Å². The van der Waals surface area contributed by atoms with Gasteiger partial charge in [-0.3, -0.25) is 24.6 Å². The van der Waals surface area contributed by atoms with E-state index >= 15 is 0 Å². The van der Waals surface area contributed by atoms with Gasteiger partial charge in [-0.2, -0.15) is 13.2 Å². The first-order chi connectivity index (χ1) is 19.5. The zero-order valence-corrected chi connectivity index (χ0v) is 22.0. The Morgan fingerprint density at radius 1 is 0.951 bits per heavy atom. The van der Waals surface area contributed by atoms with Gasteiger partial charge in [0.05, 0.1) is 29.0 Å². The van der Waals surface area contributed by atoms with E-state index in [9.17, 15) is 32.9 Å². The fraction of sp³-hybridized carbons (Fsp3) is 0.103. The summed E-state index contributed by atoms with van der Waals surface area (Å²) in [6, 6.07) is 19.7. The Morgan fingerprint density at radius 3 is 2.41 bits per heavy atom. The monoisotopic (exact) mass is 580 g/mol. The summed E-state index contributed by atoms with van der Waals surface area (Å²) in [5.41, 5.74) is -0.766. The van der Waals surface area contributed by atoms with Gasteiger partial charge in [0.15, 0.2) is 11.5 Å². The molecule has 5 rings (SSSR count). The SMILES string of the molecule is COc1cc(/C=C2\SC(=O)N(Cc3cccc4ccccc34)C2=O)ccc1Oc1ccc(C(F)(F)F)cc1[N+](=O)[O-]. The highest BCUT2D eigenvalue weighted by Gasteiger charge is 2.36. The molecule has 1 saturated heterocycles. The van der Waals surface area contributed by atoms with Crippen molar-refractivity contribution < 1.29 is 37.2 Å². The molecule has 1 fully saturated rings. The second kappa shape index (κ2) is 11.0. The molecular formula is C29H19F3N2O6S. The number of hydrogen-bond donors (Lipinski definition) is 0. The van der Waals surface area contributed by atoms with Crippen molar-refractivity contribution in [2.45, 2.75) is 12.7 Å². The number of ether oxygens (including phenoxy) is 2. The minimum Gasteiger partial charge on any atom is -0.493 e. The van der Waals surface area contributed by atoms with Crippen LogP contribution in [0.3, 0.4) is 0 Å². The number of carbonyl (C=O) groups excluding carboxylic acids is 2. The lowest BCUT2D eigenvalue weighted by Crippen LogP contribution is -2.27. The number of benzene rings is 4. The second-order valence-electron chi connectivity index (χ2n) is 8.86. The van der Waals surface area contributed by atoms with Crippen molar-refractivity contribution in [1.82, 2.24) is 4.90 Å². The predicted molar refractivity (Wildman–Crippen MR) is 147 cm³/mol. The first-order valence-corrected chi connectivity index (χ1v) is 12.8. The fourth-order valence-electron chi connectivity index (χ4n) is 4.29. The molecule has 0 radical (unpaired) electrons. The minimum atomic E-state index is -4.77. The van der Waals surface area contributed by atoms with Crippen molar-refractivity contribution >= 4 is 45.4 Å². The molecule has 0 bridgehead atoms. The highest BCUT2D eigenvalue weighted by Crippen LogP contribution is 2.41. The third kappa shape index (κ3) is 5.73. The molecule has 1 heterocycles. The maximum Gasteiger partial charge on any atom is 0.416 e. The molecule has 0 aliphatic carbocycles. The van der Waals surface area contributed by atoms with Crippen LogP contribution in [0.4, 0.5) is 23.7 Å². The largest absolute Gasteiger partial charge is 0.493 e. The maximum absolute atomic E-state index is 13.1. The van der Waals surface area contributed by atoms with E-state index in [4.69, 9.17) is 9.47 Å². The fourth-order valence-corrected chi connectivity index (χ4v) is 5.13. The average Bonchev–Trinajstić information content (AvgIpc) is 3.20. The molecule has 12 heteroatoms. The number of hydrogen-bond acceptors (Lipinski definition) is 7. The third-order valence-corrected chi connectivity index (χ3v) is 7.18. The van der Waals surface area contributed by atoms with Crippen LogP contribution in [0.5, 0.6) is 17.2 Å². The zero-order valence-electron chi connectivity index (χ0n) is 21.2. The Hall–Kier alpha value is -4.84. The van der Waals surface area contributed by atoms with Crippen molar-refractivity contribution in [3.63, 3.8) is 0 Å². The Kier molecular flexibility index (Phi) is 7.41. The van der Waals surface area contributed by atoms with E-state index in [0.717, 1.165) is 39.1 Å². The van der Waals surface area contributed by atoms with Crippen LogP contribution in [-0.4, -0.2) is 28.1 Å². The van der Waals surface area contributed by atoms with Gasteiger partial charge in [-0.25, -0.2) is 0 Å². The quantitative estimate of drug-likeness (QED) is 0.125. The number of nitro benzene ring substituents is 1. The molecule has 1 aliphatic heterocycles. The number of imide groups is 1. The van der Waals surface area contributed by atoms with E-state index < -0.39 is 39.2 Å². The van der Waals surface area contributed by atoms with Crippen molar-refractivity contribution in [3.05, 3.63) is 111 Å². The van der Waals surface area contributed by atoms with Gasteiger partial charge < -0.3 is 9.47 Å². The van der Waals surface area contributed by atoms with E-state index in [0.29, 0.717) is 17.7 Å².